The van der Waals surface area contributed by atoms with Gasteiger partial charge in [-0.25, -0.2) is 4.98 Å². The molecule has 5 nitrogen and oxygen atoms in total. The summed E-state index contributed by atoms with van der Waals surface area (Å²) in [5.41, 5.74) is 4.24. The Hall–Kier alpha value is -2.82. The summed E-state index contributed by atoms with van der Waals surface area (Å²) in [7, 11) is 5.88. The number of carbonyl (C=O) groups excluding carboxylic acids is 1. The summed E-state index contributed by atoms with van der Waals surface area (Å²) < 4.78 is 0. The van der Waals surface area contributed by atoms with Gasteiger partial charge < -0.3 is 14.8 Å². The predicted octanol–water partition coefficient (Wildman–Crippen LogP) is 3.22. The zero-order valence-electron chi connectivity index (χ0n) is 15.0. The standard InChI is InChI=1S/C20H24N4O/c1-23(2)16-10-8-15(9-11-16)14-24(3)20(25)13-12-19-21-17-6-4-5-7-18(17)22-19/h4-11H,12-14H2,1-3H3,(H,21,22). The minimum Gasteiger partial charge on any atom is -0.378 e. The Labute approximate surface area is 148 Å². The number of benzene rings is 2. The van der Waals surface area contributed by atoms with E-state index in [2.05, 4.69) is 39.1 Å². The molecule has 1 heterocycles. The first-order valence-electron chi connectivity index (χ1n) is 8.47. The number of hydrogen-bond donors (Lipinski definition) is 1. The van der Waals surface area contributed by atoms with Crippen LogP contribution in [0.4, 0.5) is 5.69 Å². The monoisotopic (exact) mass is 336 g/mol. The first-order valence-corrected chi connectivity index (χ1v) is 8.47. The van der Waals surface area contributed by atoms with E-state index in [1.54, 1.807) is 4.90 Å². The second-order valence-corrected chi connectivity index (χ2v) is 6.51. The molecule has 0 saturated carbocycles. The second-order valence-electron chi connectivity index (χ2n) is 6.51. The topological polar surface area (TPSA) is 52.2 Å². The predicted molar refractivity (Wildman–Crippen MR) is 102 cm³/mol. The molecular formula is C20H24N4O. The van der Waals surface area contributed by atoms with Crippen LogP contribution in [-0.4, -0.2) is 41.9 Å². The van der Waals surface area contributed by atoms with E-state index in [0.29, 0.717) is 19.4 Å². The number of anilines is 1. The van der Waals surface area contributed by atoms with E-state index in [4.69, 9.17) is 0 Å². The highest BCUT2D eigenvalue weighted by Crippen LogP contribution is 2.15. The maximum atomic E-state index is 12.4. The van der Waals surface area contributed by atoms with Gasteiger partial charge in [-0.1, -0.05) is 24.3 Å². The van der Waals surface area contributed by atoms with Crippen molar-refractivity contribution in [1.82, 2.24) is 14.9 Å². The second kappa shape index (κ2) is 7.38. The molecule has 1 N–H and O–H groups in total. The Balaban J connectivity index is 1.55. The SMILES string of the molecule is CN(Cc1ccc(N(C)C)cc1)C(=O)CCc1nc2ccccc2[nH]1. The summed E-state index contributed by atoms with van der Waals surface area (Å²) in [5.74, 6) is 0.982. The summed E-state index contributed by atoms with van der Waals surface area (Å²) in [6, 6.07) is 16.2. The fourth-order valence-corrected chi connectivity index (χ4v) is 2.80. The van der Waals surface area contributed by atoms with Crippen LogP contribution in [0.25, 0.3) is 11.0 Å². The molecule has 0 aliphatic rings. The number of amides is 1. The van der Waals surface area contributed by atoms with Gasteiger partial charge in [-0.15, -0.1) is 0 Å². The van der Waals surface area contributed by atoms with Crippen molar-refractivity contribution in [2.75, 3.05) is 26.0 Å². The van der Waals surface area contributed by atoms with Gasteiger partial charge in [0.1, 0.15) is 5.82 Å². The number of imidazole rings is 1. The van der Waals surface area contributed by atoms with Gasteiger partial charge in [-0.2, -0.15) is 0 Å². The molecule has 3 aromatic rings. The molecule has 25 heavy (non-hydrogen) atoms. The van der Waals surface area contributed by atoms with Gasteiger partial charge in [-0.05, 0) is 29.8 Å². The van der Waals surface area contributed by atoms with Gasteiger partial charge >= 0.3 is 0 Å². The van der Waals surface area contributed by atoms with Gasteiger partial charge in [0, 0.05) is 46.2 Å². The molecule has 0 aliphatic carbocycles. The highest BCUT2D eigenvalue weighted by Gasteiger charge is 2.11. The van der Waals surface area contributed by atoms with Gasteiger partial charge in [-0.3, -0.25) is 4.79 Å². The third kappa shape index (κ3) is 4.18. The molecule has 0 spiro atoms. The van der Waals surface area contributed by atoms with Gasteiger partial charge in [0.25, 0.3) is 0 Å². The number of nitrogens with zero attached hydrogens (tertiary/aromatic N) is 3. The van der Waals surface area contributed by atoms with E-state index >= 15 is 0 Å². The van der Waals surface area contributed by atoms with Crippen molar-refractivity contribution < 1.29 is 4.79 Å². The number of rotatable bonds is 6. The number of nitrogens with one attached hydrogen (secondary N) is 1. The van der Waals surface area contributed by atoms with Crippen LogP contribution in [0.2, 0.25) is 0 Å². The average molecular weight is 336 g/mol. The molecule has 0 fully saturated rings. The molecule has 0 saturated heterocycles. The van der Waals surface area contributed by atoms with Crippen LogP contribution in [0.1, 0.15) is 17.8 Å². The van der Waals surface area contributed by atoms with E-state index in [1.807, 2.05) is 45.4 Å². The third-order valence-electron chi connectivity index (χ3n) is 4.31. The highest BCUT2D eigenvalue weighted by atomic mass is 16.2. The van der Waals surface area contributed by atoms with Crippen LogP contribution in [0, 0.1) is 0 Å². The summed E-state index contributed by atoms with van der Waals surface area (Å²) in [5, 5.41) is 0. The number of hydrogen-bond acceptors (Lipinski definition) is 3. The number of aromatic nitrogens is 2. The van der Waals surface area contributed by atoms with Crippen molar-refractivity contribution in [3.63, 3.8) is 0 Å². The Morgan fingerprint density at radius 3 is 2.44 bits per heavy atom. The number of H-pyrrole nitrogens is 1. The van der Waals surface area contributed by atoms with Crippen molar-refractivity contribution in [1.29, 1.82) is 0 Å². The Bertz CT molecular complexity index is 819. The molecule has 130 valence electrons. The van der Waals surface area contributed by atoms with Crippen LogP contribution in [-0.2, 0) is 17.8 Å². The van der Waals surface area contributed by atoms with E-state index in [9.17, 15) is 4.79 Å². The number of aryl methyl sites for hydroxylation is 1. The molecule has 3 rings (SSSR count). The fraction of sp³-hybridized carbons (Fsp3) is 0.300. The summed E-state index contributed by atoms with van der Waals surface area (Å²) in [6.45, 7) is 0.618. The zero-order chi connectivity index (χ0) is 17.8. The lowest BCUT2D eigenvalue weighted by molar-refractivity contribution is -0.130. The molecule has 0 bridgehead atoms. The molecule has 0 radical (unpaired) electrons. The Morgan fingerprint density at radius 2 is 1.76 bits per heavy atom. The molecule has 0 unspecified atom stereocenters. The Morgan fingerprint density at radius 1 is 1.04 bits per heavy atom. The molecule has 1 aromatic heterocycles. The quantitative estimate of drug-likeness (QED) is 0.752. The number of fused-ring (bicyclic) bond motifs is 1. The maximum Gasteiger partial charge on any atom is 0.223 e. The molecular weight excluding hydrogens is 312 g/mol. The minimum atomic E-state index is 0.122. The number of carbonyl (C=O) groups is 1. The third-order valence-corrected chi connectivity index (χ3v) is 4.31. The van der Waals surface area contributed by atoms with Gasteiger partial charge in [0.05, 0.1) is 11.0 Å². The van der Waals surface area contributed by atoms with Crippen LogP contribution in [0.15, 0.2) is 48.5 Å². The van der Waals surface area contributed by atoms with Crippen molar-refractivity contribution in [3.8, 4) is 0 Å². The van der Waals surface area contributed by atoms with E-state index in [1.165, 1.54) is 0 Å². The zero-order valence-corrected chi connectivity index (χ0v) is 15.0. The average Bonchev–Trinajstić information content (AvgIpc) is 3.03. The van der Waals surface area contributed by atoms with Crippen molar-refractivity contribution in [2.24, 2.45) is 0 Å². The largest absolute Gasteiger partial charge is 0.378 e. The molecule has 0 aliphatic heterocycles. The summed E-state index contributed by atoms with van der Waals surface area (Å²) >= 11 is 0. The van der Waals surface area contributed by atoms with E-state index in [0.717, 1.165) is 28.1 Å². The summed E-state index contributed by atoms with van der Waals surface area (Å²) in [6.07, 6.45) is 1.07. The highest BCUT2D eigenvalue weighted by molar-refractivity contribution is 5.77. The van der Waals surface area contributed by atoms with Crippen LogP contribution < -0.4 is 4.90 Å². The number of para-hydroxylation sites is 2. The smallest absolute Gasteiger partial charge is 0.223 e. The molecule has 1 amide bonds. The van der Waals surface area contributed by atoms with Crippen molar-refractivity contribution in [3.05, 3.63) is 59.9 Å². The maximum absolute atomic E-state index is 12.4. The lowest BCUT2D eigenvalue weighted by atomic mass is 10.2. The number of aromatic amines is 1. The molecule has 5 heteroatoms. The van der Waals surface area contributed by atoms with E-state index < -0.39 is 0 Å². The van der Waals surface area contributed by atoms with Crippen LogP contribution >= 0.6 is 0 Å². The Kier molecular flexibility index (Phi) is 5.03. The molecule has 2 aromatic carbocycles. The fourth-order valence-electron chi connectivity index (χ4n) is 2.80. The normalized spacial score (nSPS) is 10.8. The van der Waals surface area contributed by atoms with Crippen molar-refractivity contribution >= 4 is 22.6 Å². The minimum absolute atomic E-state index is 0.122. The lowest BCUT2D eigenvalue weighted by Gasteiger charge is -2.18. The van der Waals surface area contributed by atoms with E-state index in [-0.39, 0.29) is 5.91 Å². The molecule has 0 atom stereocenters. The van der Waals surface area contributed by atoms with Gasteiger partial charge in [0.2, 0.25) is 5.91 Å². The van der Waals surface area contributed by atoms with Crippen molar-refractivity contribution in [2.45, 2.75) is 19.4 Å². The summed E-state index contributed by atoms with van der Waals surface area (Å²) in [4.78, 5) is 24.0. The lowest BCUT2D eigenvalue weighted by Crippen LogP contribution is -2.26. The van der Waals surface area contributed by atoms with Gasteiger partial charge in [0.15, 0.2) is 0 Å². The van der Waals surface area contributed by atoms with Crippen LogP contribution in [0.3, 0.4) is 0 Å². The van der Waals surface area contributed by atoms with Crippen LogP contribution in [0.5, 0.6) is 0 Å². The first kappa shape index (κ1) is 17.0. The first-order chi connectivity index (χ1) is 12.0.